The highest BCUT2D eigenvalue weighted by molar-refractivity contribution is 5.96. The van der Waals surface area contributed by atoms with E-state index in [1.54, 1.807) is 0 Å². The molecule has 0 radical (unpaired) electrons. The maximum atomic E-state index is 12.4. The number of fused-ring (bicyclic) bond motifs is 1. The van der Waals surface area contributed by atoms with Gasteiger partial charge in [0.15, 0.2) is 0 Å². The third-order valence-corrected chi connectivity index (χ3v) is 4.55. The Hall–Kier alpha value is -1.06. The minimum absolute atomic E-state index is 0. The number of benzene rings is 1. The summed E-state index contributed by atoms with van der Waals surface area (Å²) in [6.07, 6.45) is 3.63. The van der Waals surface area contributed by atoms with Gasteiger partial charge in [-0.1, -0.05) is 32.9 Å². The maximum absolute atomic E-state index is 12.4. The molecule has 1 N–H and O–H groups in total. The van der Waals surface area contributed by atoms with Crippen LogP contribution in [0.25, 0.3) is 0 Å². The molecule has 1 heterocycles. The monoisotopic (exact) mass is 322 g/mol. The van der Waals surface area contributed by atoms with Crippen LogP contribution in [0.1, 0.15) is 44.7 Å². The summed E-state index contributed by atoms with van der Waals surface area (Å²) >= 11 is 0. The second-order valence-electron chi connectivity index (χ2n) is 7.46. The summed E-state index contributed by atoms with van der Waals surface area (Å²) in [6, 6.07) is 6.57. The Labute approximate surface area is 139 Å². The van der Waals surface area contributed by atoms with E-state index in [2.05, 4.69) is 44.3 Å². The smallest absolute Gasteiger partial charge is 0.240 e. The summed E-state index contributed by atoms with van der Waals surface area (Å²) in [5.41, 5.74) is 3.94. The van der Waals surface area contributed by atoms with Crippen molar-refractivity contribution in [3.05, 3.63) is 29.3 Å². The molecule has 22 heavy (non-hydrogen) atoms. The second-order valence-corrected chi connectivity index (χ2v) is 7.46. The maximum Gasteiger partial charge on any atom is 0.240 e. The first-order valence-corrected chi connectivity index (χ1v) is 8.09. The molecule has 0 aromatic heterocycles. The molecule has 0 bridgehead atoms. The van der Waals surface area contributed by atoms with Crippen LogP contribution in [0.4, 0.5) is 5.69 Å². The first kappa shape index (κ1) is 17.3. The summed E-state index contributed by atoms with van der Waals surface area (Å²) in [7, 11) is 0. The largest absolute Gasteiger partial charge is 0.311 e. The standard InChI is InChI=1S/C18H26N2O.ClH/c1-18(2,3)15-6-7-16-14(10-15)8-9-20(16)17(21)12-19-11-13-4-5-13;/h6-7,10,13,19H,4-5,8-9,11-12H2,1-3H3;1H. The molecule has 1 aromatic rings. The van der Waals surface area contributed by atoms with Crippen LogP contribution in [0.15, 0.2) is 18.2 Å². The van der Waals surface area contributed by atoms with E-state index >= 15 is 0 Å². The number of carbonyl (C=O) groups is 1. The molecule has 122 valence electrons. The molecule has 0 spiro atoms. The summed E-state index contributed by atoms with van der Waals surface area (Å²) in [5, 5.41) is 3.30. The SMILES string of the molecule is CC(C)(C)c1ccc2c(c1)CCN2C(=O)CNCC1CC1.Cl. The molecule has 3 rings (SSSR count). The predicted octanol–water partition coefficient (Wildman–Crippen LogP) is 3.29. The third kappa shape index (κ3) is 3.82. The number of hydrogen-bond donors (Lipinski definition) is 1. The summed E-state index contributed by atoms with van der Waals surface area (Å²) in [6.45, 7) is 8.98. The van der Waals surface area contributed by atoms with Crippen LogP contribution < -0.4 is 10.2 Å². The number of hydrogen-bond acceptors (Lipinski definition) is 2. The lowest BCUT2D eigenvalue weighted by Gasteiger charge is -2.22. The lowest BCUT2D eigenvalue weighted by atomic mass is 9.86. The molecule has 2 aliphatic rings. The molecular formula is C18H27ClN2O. The highest BCUT2D eigenvalue weighted by Gasteiger charge is 2.27. The first-order valence-electron chi connectivity index (χ1n) is 8.09. The van der Waals surface area contributed by atoms with Crippen LogP contribution >= 0.6 is 12.4 Å². The Bertz CT molecular complexity index is 547. The Kier molecular flexibility index (Phi) is 5.18. The van der Waals surface area contributed by atoms with E-state index in [-0.39, 0.29) is 23.7 Å². The van der Waals surface area contributed by atoms with E-state index in [0.717, 1.165) is 31.1 Å². The average Bonchev–Trinajstić information content (AvgIpc) is 3.14. The van der Waals surface area contributed by atoms with Crippen molar-refractivity contribution in [2.75, 3.05) is 24.5 Å². The molecule has 0 saturated heterocycles. The quantitative estimate of drug-likeness (QED) is 0.922. The summed E-state index contributed by atoms with van der Waals surface area (Å²) in [5.74, 6) is 1.02. The molecular weight excluding hydrogens is 296 g/mol. The second kappa shape index (κ2) is 6.59. The van der Waals surface area contributed by atoms with E-state index < -0.39 is 0 Å². The van der Waals surface area contributed by atoms with Crippen molar-refractivity contribution < 1.29 is 4.79 Å². The molecule has 1 fully saturated rings. The van der Waals surface area contributed by atoms with Gasteiger partial charge in [0.05, 0.1) is 6.54 Å². The summed E-state index contributed by atoms with van der Waals surface area (Å²) < 4.78 is 0. The number of nitrogens with one attached hydrogen (secondary N) is 1. The van der Waals surface area contributed by atoms with Gasteiger partial charge in [0, 0.05) is 12.2 Å². The number of carbonyl (C=O) groups excluding carboxylic acids is 1. The zero-order chi connectivity index (χ0) is 15.0. The van der Waals surface area contributed by atoms with Gasteiger partial charge in [-0.05, 0) is 54.3 Å². The number of anilines is 1. The van der Waals surface area contributed by atoms with Gasteiger partial charge in [-0.2, -0.15) is 0 Å². The Morgan fingerprint density at radius 1 is 1.32 bits per heavy atom. The Balaban J connectivity index is 0.00000176. The molecule has 4 heteroatoms. The predicted molar refractivity (Wildman–Crippen MR) is 94.0 cm³/mol. The van der Waals surface area contributed by atoms with E-state index in [0.29, 0.717) is 6.54 Å². The molecule has 0 unspecified atom stereocenters. The van der Waals surface area contributed by atoms with Crippen molar-refractivity contribution in [3.63, 3.8) is 0 Å². The van der Waals surface area contributed by atoms with E-state index in [1.165, 1.54) is 24.0 Å². The lowest BCUT2D eigenvalue weighted by molar-refractivity contribution is -0.117. The van der Waals surface area contributed by atoms with Crippen LogP contribution in [0.2, 0.25) is 0 Å². The molecule has 0 atom stereocenters. The fraction of sp³-hybridized carbons (Fsp3) is 0.611. The third-order valence-electron chi connectivity index (χ3n) is 4.55. The minimum Gasteiger partial charge on any atom is -0.311 e. The van der Waals surface area contributed by atoms with Gasteiger partial charge in [0.1, 0.15) is 0 Å². The van der Waals surface area contributed by atoms with Crippen LogP contribution in [-0.2, 0) is 16.6 Å². The van der Waals surface area contributed by atoms with Crippen LogP contribution in [-0.4, -0.2) is 25.5 Å². The van der Waals surface area contributed by atoms with Crippen molar-refractivity contribution in [3.8, 4) is 0 Å². The van der Waals surface area contributed by atoms with Gasteiger partial charge in [-0.3, -0.25) is 4.79 Å². The van der Waals surface area contributed by atoms with Crippen molar-refractivity contribution in [1.29, 1.82) is 0 Å². The topological polar surface area (TPSA) is 32.3 Å². The van der Waals surface area contributed by atoms with Crippen LogP contribution in [0.5, 0.6) is 0 Å². The first-order chi connectivity index (χ1) is 9.95. The number of rotatable bonds is 4. The lowest BCUT2D eigenvalue weighted by Crippen LogP contribution is -2.37. The Morgan fingerprint density at radius 3 is 2.68 bits per heavy atom. The van der Waals surface area contributed by atoms with Crippen molar-refractivity contribution in [2.24, 2.45) is 5.92 Å². The van der Waals surface area contributed by atoms with Crippen molar-refractivity contribution in [1.82, 2.24) is 5.32 Å². The summed E-state index contributed by atoms with van der Waals surface area (Å²) in [4.78, 5) is 14.3. The number of nitrogens with zero attached hydrogens (tertiary/aromatic N) is 1. The average molecular weight is 323 g/mol. The molecule has 1 aliphatic heterocycles. The zero-order valence-corrected chi connectivity index (χ0v) is 14.6. The van der Waals surface area contributed by atoms with E-state index in [4.69, 9.17) is 0 Å². The molecule has 1 saturated carbocycles. The van der Waals surface area contributed by atoms with Crippen LogP contribution in [0, 0.1) is 5.92 Å². The van der Waals surface area contributed by atoms with E-state index in [9.17, 15) is 4.79 Å². The van der Waals surface area contributed by atoms with Gasteiger partial charge in [0.2, 0.25) is 5.91 Å². The van der Waals surface area contributed by atoms with Gasteiger partial charge in [-0.15, -0.1) is 12.4 Å². The molecule has 1 aliphatic carbocycles. The minimum atomic E-state index is 0. The molecule has 3 nitrogen and oxygen atoms in total. The molecule has 1 amide bonds. The van der Waals surface area contributed by atoms with Crippen molar-refractivity contribution >= 4 is 24.0 Å². The highest BCUT2D eigenvalue weighted by Crippen LogP contribution is 2.33. The molecule has 1 aromatic carbocycles. The van der Waals surface area contributed by atoms with Gasteiger partial charge >= 0.3 is 0 Å². The van der Waals surface area contributed by atoms with Crippen molar-refractivity contribution in [2.45, 2.75) is 45.4 Å². The van der Waals surface area contributed by atoms with Gasteiger partial charge in [-0.25, -0.2) is 0 Å². The number of halogens is 1. The zero-order valence-electron chi connectivity index (χ0n) is 13.8. The van der Waals surface area contributed by atoms with E-state index in [1.807, 2.05) is 4.90 Å². The highest BCUT2D eigenvalue weighted by atomic mass is 35.5. The van der Waals surface area contributed by atoms with Gasteiger partial charge < -0.3 is 10.2 Å². The Morgan fingerprint density at radius 2 is 2.05 bits per heavy atom. The van der Waals surface area contributed by atoms with Gasteiger partial charge in [0.25, 0.3) is 0 Å². The number of amides is 1. The fourth-order valence-corrected chi connectivity index (χ4v) is 2.93. The fourth-order valence-electron chi connectivity index (χ4n) is 2.93. The normalized spacial score (nSPS) is 17.1. The van der Waals surface area contributed by atoms with Crippen LogP contribution in [0.3, 0.4) is 0 Å².